The van der Waals surface area contributed by atoms with E-state index in [0.717, 1.165) is 38.5 Å². The number of ether oxygens (including phenoxy) is 2. The van der Waals surface area contributed by atoms with Gasteiger partial charge in [-0.05, 0) is 52.4 Å². The molecule has 1 saturated heterocycles. The van der Waals surface area contributed by atoms with Crippen LogP contribution in [0.1, 0.15) is 170 Å². The lowest BCUT2D eigenvalue weighted by Crippen LogP contribution is -2.34. The van der Waals surface area contributed by atoms with Gasteiger partial charge in [0.05, 0.1) is 25.4 Å². The summed E-state index contributed by atoms with van der Waals surface area (Å²) >= 11 is 0. The van der Waals surface area contributed by atoms with Crippen LogP contribution in [0.5, 0.6) is 0 Å². The van der Waals surface area contributed by atoms with Gasteiger partial charge in [0.25, 0.3) is 0 Å². The fraction of sp³-hybridized carbons (Fsp3) is 0.943. The Hall–Kier alpha value is -1.22. The molecule has 1 aliphatic heterocycles. The molecule has 1 heterocycles. The van der Waals surface area contributed by atoms with Crippen molar-refractivity contribution in [2.45, 2.75) is 200 Å². The van der Waals surface area contributed by atoms with Crippen molar-refractivity contribution >= 4 is 11.8 Å². The molecule has 0 bridgehead atoms. The second kappa shape index (κ2) is 27.1. The Balaban J connectivity index is 0.000000830. The van der Waals surface area contributed by atoms with E-state index in [0.29, 0.717) is 13.0 Å². The maximum Gasteiger partial charge on any atom is 0.217 e. The van der Waals surface area contributed by atoms with E-state index >= 15 is 0 Å². The number of aliphatic hydroxyl groups is 2. The van der Waals surface area contributed by atoms with E-state index in [1.165, 1.54) is 90.4 Å². The predicted molar refractivity (Wildman–Crippen MR) is 177 cm³/mol. The van der Waals surface area contributed by atoms with Crippen LogP contribution in [0.4, 0.5) is 0 Å². The van der Waals surface area contributed by atoms with Gasteiger partial charge in [-0.25, -0.2) is 0 Å². The minimum absolute atomic E-state index is 0.0172. The van der Waals surface area contributed by atoms with Gasteiger partial charge in [-0.3, -0.25) is 9.59 Å². The van der Waals surface area contributed by atoms with Gasteiger partial charge >= 0.3 is 0 Å². The number of hydrogen-bond donors (Lipinski definition) is 4. The van der Waals surface area contributed by atoms with Crippen molar-refractivity contribution in [2.75, 3.05) is 13.2 Å². The van der Waals surface area contributed by atoms with E-state index in [2.05, 4.69) is 24.5 Å². The van der Waals surface area contributed by atoms with E-state index in [4.69, 9.17) is 14.6 Å². The van der Waals surface area contributed by atoms with Crippen LogP contribution in [-0.2, 0) is 19.1 Å². The largest absolute Gasteiger partial charge is 0.394 e. The average molecular weight is 615 g/mol. The molecule has 0 aromatic carbocycles. The Morgan fingerprint density at radius 1 is 0.721 bits per heavy atom. The van der Waals surface area contributed by atoms with Crippen molar-refractivity contribution in [2.24, 2.45) is 0 Å². The number of carbonyl (C=O) groups excluding carboxylic acids is 2. The first-order valence-electron chi connectivity index (χ1n) is 17.7. The topological polar surface area (TPSA) is 117 Å². The van der Waals surface area contributed by atoms with Crippen molar-refractivity contribution in [3.05, 3.63) is 0 Å². The second-order valence-corrected chi connectivity index (χ2v) is 13.1. The lowest BCUT2D eigenvalue weighted by molar-refractivity contribution is -0.139. The van der Waals surface area contributed by atoms with E-state index in [1.807, 2.05) is 13.8 Å². The average Bonchev–Trinajstić information content (AvgIpc) is 3.31. The molecule has 1 aliphatic rings. The number of aliphatic hydroxyl groups excluding tert-OH is 2. The maximum absolute atomic E-state index is 11.4. The Kier molecular flexibility index (Phi) is 26.4. The molecule has 0 aliphatic carbocycles. The number of unbranched alkanes of at least 4 members (excludes halogenated alkanes) is 12. The van der Waals surface area contributed by atoms with Gasteiger partial charge in [-0.1, -0.05) is 104 Å². The molecule has 8 heteroatoms. The third-order valence-corrected chi connectivity index (χ3v) is 8.09. The number of carbonyl (C=O) groups is 2. The summed E-state index contributed by atoms with van der Waals surface area (Å²) in [4.78, 5) is 22.5. The van der Waals surface area contributed by atoms with Crippen molar-refractivity contribution in [3.63, 3.8) is 0 Å². The Bertz CT molecular complexity index is 675. The molecule has 0 saturated carbocycles. The summed E-state index contributed by atoms with van der Waals surface area (Å²) < 4.78 is 11.5. The Labute approximate surface area is 264 Å². The standard InChI is InChI=1S/C19H37NO3.C16H33NO3/c1-5-6-7-8-9-10-11-12-17(20-16(2)21)13-14-18-15-22-19(3,4)23-18;1-3-4-5-6-7-8-9-10-15(17-14(2)19)11-12-16(20)13-18/h17-18H,5-15H2,1-4H3,(H,20,21);15-16,18,20H,3-13H2,1-2H3,(H,17,19). The molecule has 1 rings (SSSR count). The minimum Gasteiger partial charge on any atom is -0.394 e. The van der Waals surface area contributed by atoms with Gasteiger partial charge in [0.2, 0.25) is 11.8 Å². The van der Waals surface area contributed by atoms with Gasteiger partial charge in [-0.2, -0.15) is 0 Å². The van der Waals surface area contributed by atoms with Crippen LogP contribution in [0.25, 0.3) is 0 Å². The lowest BCUT2D eigenvalue weighted by atomic mass is 10.0. The first kappa shape index (κ1) is 41.8. The molecule has 0 aromatic heterocycles. The van der Waals surface area contributed by atoms with Crippen LogP contribution in [0.15, 0.2) is 0 Å². The zero-order valence-electron chi connectivity index (χ0n) is 28.9. The summed E-state index contributed by atoms with van der Waals surface area (Å²) in [5, 5.41) is 24.2. The molecular formula is C35H70N2O6. The van der Waals surface area contributed by atoms with Crippen LogP contribution >= 0.6 is 0 Å². The van der Waals surface area contributed by atoms with Gasteiger partial charge in [-0.15, -0.1) is 0 Å². The molecule has 43 heavy (non-hydrogen) atoms. The highest BCUT2D eigenvalue weighted by atomic mass is 16.7. The maximum atomic E-state index is 11.4. The number of nitrogens with one attached hydrogen (secondary N) is 2. The second-order valence-electron chi connectivity index (χ2n) is 13.1. The third kappa shape index (κ3) is 26.9. The van der Waals surface area contributed by atoms with Crippen molar-refractivity contribution in [1.82, 2.24) is 10.6 Å². The minimum atomic E-state index is -0.666. The number of amides is 2. The van der Waals surface area contributed by atoms with Crippen LogP contribution in [0.3, 0.4) is 0 Å². The zero-order chi connectivity index (χ0) is 32.3. The lowest BCUT2D eigenvalue weighted by Gasteiger charge is -2.21. The molecule has 4 N–H and O–H groups in total. The quantitative estimate of drug-likeness (QED) is 0.0800. The summed E-state index contributed by atoms with van der Waals surface area (Å²) in [5.74, 6) is -0.398. The fourth-order valence-corrected chi connectivity index (χ4v) is 5.63. The Morgan fingerprint density at radius 2 is 1.16 bits per heavy atom. The molecule has 2 amide bonds. The molecule has 4 atom stereocenters. The SMILES string of the molecule is CCCCCCCCCC(CCC(O)CO)NC(C)=O.CCCCCCCCCC(CCC1COC(C)(C)O1)NC(C)=O. The zero-order valence-corrected chi connectivity index (χ0v) is 28.9. The molecule has 0 spiro atoms. The monoisotopic (exact) mass is 615 g/mol. The molecular weight excluding hydrogens is 544 g/mol. The van der Waals surface area contributed by atoms with Gasteiger partial charge < -0.3 is 30.3 Å². The van der Waals surface area contributed by atoms with Crippen LogP contribution < -0.4 is 10.6 Å². The van der Waals surface area contributed by atoms with Crippen molar-refractivity contribution in [3.8, 4) is 0 Å². The van der Waals surface area contributed by atoms with Crippen molar-refractivity contribution < 1.29 is 29.3 Å². The summed E-state index contributed by atoms with van der Waals surface area (Å²) in [5.41, 5.74) is 0. The molecule has 0 aromatic rings. The summed E-state index contributed by atoms with van der Waals surface area (Å²) in [6, 6.07) is 0.403. The van der Waals surface area contributed by atoms with Crippen LogP contribution in [0, 0.1) is 0 Å². The third-order valence-electron chi connectivity index (χ3n) is 8.09. The summed E-state index contributed by atoms with van der Waals surface area (Å²) in [7, 11) is 0. The van der Waals surface area contributed by atoms with Gasteiger partial charge in [0.15, 0.2) is 5.79 Å². The van der Waals surface area contributed by atoms with E-state index < -0.39 is 11.9 Å². The predicted octanol–water partition coefficient (Wildman–Crippen LogP) is 7.33. The van der Waals surface area contributed by atoms with Crippen molar-refractivity contribution in [1.29, 1.82) is 0 Å². The van der Waals surface area contributed by atoms with Crippen LogP contribution in [-0.4, -0.2) is 65.3 Å². The normalized spacial score (nSPS) is 17.9. The van der Waals surface area contributed by atoms with E-state index in [-0.39, 0.29) is 36.6 Å². The number of rotatable bonds is 25. The first-order valence-corrected chi connectivity index (χ1v) is 17.7. The molecule has 1 fully saturated rings. The highest BCUT2D eigenvalue weighted by Gasteiger charge is 2.32. The van der Waals surface area contributed by atoms with E-state index in [1.54, 1.807) is 6.92 Å². The summed E-state index contributed by atoms with van der Waals surface area (Å²) in [6.45, 7) is 12.0. The van der Waals surface area contributed by atoms with Gasteiger partial charge in [0, 0.05) is 25.9 Å². The highest BCUT2D eigenvalue weighted by molar-refractivity contribution is 5.73. The summed E-state index contributed by atoms with van der Waals surface area (Å²) in [6.07, 6.45) is 22.7. The molecule has 0 radical (unpaired) electrons. The van der Waals surface area contributed by atoms with Crippen LogP contribution in [0.2, 0.25) is 0 Å². The smallest absolute Gasteiger partial charge is 0.217 e. The van der Waals surface area contributed by atoms with E-state index in [9.17, 15) is 14.7 Å². The molecule has 4 unspecified atom stereocenters. The highest BCUT2D eigenvalue weighted by Crippen LogP contribution is 2.25. The first-order chi connectivity index (χ1) is 20.5. The fourth-order valence-electron chi connectivity index (χ4n) is 5.63. The molecule has 256 valence electrons. The molecule has 8 nitrogen and oxygen atoms in total. The number of hydrogen-bond acceptors (Lipinski definition) is 6. The van der Waals surface area contributed by atoms with Gasteiger partial charge in [0.1, 0.15) is 0 Å². The Morgan fingerprint density at radius 3 is 1.56 bits per heavy atom.